The Kier molecular flexibility index (Phi) is 3.36. The predicted molar refractivity (Wildman–Crippen MR) is 59.6 cm³/mol. The van der Waals surface area contributed by atoms with Crippen LogP contribution in [0.1, 0.15) is 5.56 Å². The molecule has 0 bridgehead atoms. The van der Waals surface area contributed by atoms with Crippen LogP contribution in [0, 0.1) is 0 Å². The van der Waals surface area contributed by atoms with E-state index in [9.17, 15) is 4.79 Å². The molecule has 0 aliphatic carbocycles. The third kappa shape index (κ3) is 2.70. The fourth-order valence-corrected chi connectivity index (χ4v) is 1.58. The molecule has 0 radical (unpaired) electrons. The van der Waals surface area contributed by atoms with Crippen LogP contribution < -0.4 is 0 Å². The van der Waals surface area contributed by atoms with Crippen molar-refractivity contribution in [2.45, 2.75) is 0 Å². The van der Waals surface area contributed by atoms with Gasteiger partial charge in [-0.2, -0.15) is 5.10 Å². The van der Waals surface area contributed by atoms with Crippen LogP contribution in [0.4, 0.5) is 0 Å². The number of ether oxygens (including phenoxy) is 1. The Morgan fingerprint density at radius 1 is 1.50 bits per heavy atom. The molecule has 1 aliphatic rings. The van der Waals surface area contributed by atoms with Gasteiger partial charge in [-0.25, -0.2) is 0 Å². The van der Waals surface area contributed by atoms with Crippen LogP contribution in [0.25, 0.3) is 6.08 Å². The van der Waals surface area contributed by atoms with E-state index in [2.05, 4.69) is 5.10 Å². The Labute approximate surface area is 94.3 Å². The summed E-state index contributed by atoms with van der Waals surface area (Å²) in [5.41, 5.74) is 0.934. The molecule has 5 nitrogen and oxygen atoms in total. The first-order chi connectivity index (χ1) is 7.75. The summed E-state index contributed by atoms with van der Waals surface area (Å²) in [5, 5.41) is 4.03. The van der Waals surface area contributed by atoms with Crippen molar-refractivity contribution in [3.8, 4) is 0 Å². The Morgan fingerprint density at radius 2 is 2.25 bits per heavy atom. The highest BCUT2D eigenvalue weighted by Crippen LogP contribution is 2.02. The maximum atomic E-state index is 11.7. The molecular formula is C11H15N3O2. The van der Waals surface area contributed by atoms with Gasteiger partial charge in [0.1, 0.15) is 0 Å². The minimum absolute atomic E-state index is 0.0344. The summed E-state index contributed by atoms with van der Waals surface area (Å²) in [6.07, 6.45) is 6.96. The van der Waals surface area contributed by atoms with Gasteiger partial charge >= 0.3 is 0 Å². The van der Waals surface area contributed by atoms with Gasteiger partial charge in [0, 0.05) is 38.0 Å². The second-order valence-electron chi connectivity index (χ2n) is 3.72. The van der Waals surface area contributed by atoms with Gasteiger partial charge in [-0.1, -0.05) is 0 Å². The molecule has 16 heavy (non-hydrogen) atoms. The molecule has 1 aromatic rings. The van der Waals surface area contributed by atoms with Crippen LogP contribution in [-0.4, -0.2) is 46.9 Å². The summed E-state index contributed by atoms with van der Waals surface area (Å²) in [6, 6.07) is 0. The zero-order valence-corrected chi connectivity index (χ0v) is 9.30. The molecule has 86 valence electrons. The fourth-order valence-electron chi connectivity index (χ4n) is 1.58. The maximum absolute atomic E-state index is 11.7. The van der Waals surface area contributed by atoms with E-state index in [1.165, 1.54) is 0 Å². The molecule has 1 aromatic heterocycles. The number of hydrogen-bond acceptors (Lipinski definition) is 3. The molecule has 1 aliphatic heterocycles. The second-order valence-corrected chi connectivity index (χ2v) is 3.72. The first kappa shape index (κ1) is 10.9. The van der Waals surface area contributed by atoms with Gasteiger partial charge in [-0.15, -0.1) is 0 Å². The van der Waals surface area contributed by atoms with E-state index in [-0.39, 0.29) is 5.91 Å². The van der Waals surface area contributed by atoms with Crippen LogP contribution in [0.2, 0.25) is 0 Å². The third-order valence-corrected chi connectivity index (χ3v) is 2.47. The number of morpholine rings is 1. The lowest BCUT2D eigenvalue weighted by atomic mass is 10.3. The monoisotopic (exact) mass is 221 g/mol. The molecule has 0 N–H and O–H groups in total. The molecule has 2 rings (SSSR count). The predicted octanol–water partition coefficient (Wildman–Crippen LogP) is 0.292. The minimum atomic E-state index is 0.0344. The quantitative estimate of drug-likeness (QED) is 0.674. The number of aryl methyl sites for hydroxylation is 1. The Balaban J connectivity index is 1.93. The van der Waals surface area contributed by atoms with Crippen molar-refractivity contribution in [3.63, 3.8) is 0 Å². The van der Waals surface area contributed by atoms with E-state index in [4.69, 9.17) is 4.74 Å². The summed E-state index contributed by atoms with van der Waals surface area (Å²) < 4.78 is 6.89. The molecule has 0 unspecified atom stereocenters. The van der Waals surface area contributed by atoms with E-state index in [0.29, 0.717) is 26.3 Å². The average molecular weight is 221 g/mol. The molecular weight excluding hydrogens is 206 g/mol. The summed E-state index contributed by atoms with van der Waals surface area (Å²) >= 11 is 0. The van der Waals surface area contributed by atoms with Gasteiger partial charge in [-0.05, 0) is 6.08 Å². The normalized spacial score (nSPS) is 16.9. The smallest absolute Gasteiger partial charge is 0.246 e. The zero-order chi connectivity index (χ0) is 11.4. The summed E-state index contributed by atoms with van der Waals surface area (Å²) in [5.74, 6) is 0.0344. The third-order valence-electron chi connectivity index (χ3n) is 2.47. The molecule has 5 heteroatoms. The number of rotatable bonds is 2. The van der Waals surface area contributed by atoms with E-state index in [1.807, 2.05) is 13.2 Å². The van der Waals surface area contributed by atoms with Crippen LogP contribution in [0.5, 0.6) is 0 Å². The van der Waals surface area contributed by atoms with Crippen molar-refractivity contribution in [1.82, 2.24) is 14.7 Å². The highest BCUT2D eigenvalue weighted by atomic mass is 16.5. The van der Waals surface area contributed by atoms with Crippen molar-refractivity contribution in [3.05, 3.63) is 24.0 Å². The largest absolute Gasteiger partial charge is 0.378 e. The Bertz CT molecular complexity index is 392. The highest BCUT2D eigenvalue weighted by Gasteiger charge is 2.13. The van der Waals surface area contributed by atoms with Gasteiger partial charge in [0.15, 0.2) is 0 Å². The highest BCUT2D eigenvalue weighted by molar-refractivity contribution is 5.91. The average Bonchev–Trinajstić information content (AvgIpc) is 2.73. The van der Waals surface area contributed by atoms with Crippen molar-refractivity contribution < 1.29 is 9.53 Å². The Morgan fingerprint density at radius 3 is 2.88 bits per heavy atom. The first-order valence-electron chi connectivity index (χ1n) is 5.29. The number of carbonyl (C=O) groups is 1. The molecule has 2 heterocycles. The number of aromatic nitrogens is 2. The van der Waals surface area contributed by atoms with Gasteiger partial charge < -0.3 is 9.64 Å². The van der Waals surface area contributed by atoms with Crippen LogP contribution in [-0.2, 0) is 16.6 Å². The number of amides is 1. The van der Waals surface area contributed by atoms with E-state index in [1.54, 1.807) is 27.9 Å². The number of hydrogen-bond donors (Lipinski definition) is 0. The van der Waals surface area contributed by atoms with Crippen molar-refractivity contribution in [2.24, 2.45) is 7.05 Å². The summed E-state index contributed by atoms with van der Waals surface area (Å²) in [6.45, 7) is 2.62. The molecule has 1 saturated heterocycles. The topological polar surface area (TPSA) is 47.4 Å². The molecule has 0 saturated carbocycles. The van der Waals surface area contributed by atoms with Gasteiger partial charge in [0.05, 0.1) is 19.4 Å². The van der Waals surface area contributed by atoms with E-state index >= 15 is 0 Å². The van der Waals surface area contributed by atoms with Crippen molar-refractivity contribution in [2.75, 3.05) is 26.3 Å². The van der Waals surface area contributed by atoms with E-state index in [0.717, 1.165) is 5.56 Å². The molecule has 0 spiro atoms. The van der Waals surface area contributed by atoms with Gasteiger partial charge in [0.2, 0.25) is 5.91 Å². The van der Waals surface area contributed by atoms with Crippen LogP contribution in [0.15, 0.2) is 18.5 Å². The number of nitrogens with zero attached hydrogens (tertiary/aromatic N) is 3. The second kappa shape index (κ2) is 4.94. The van der Waals surface area contributed by atoms with Gasteiger partial charge in [0.25, 0.3) is 0 Å². The van der Waals surface area contributed by atoms with Gasteiger partial charge in [-0.3, -0.25) is 9.48 Å². The van der Waals surface area contributed by atoms with Crippen LogP contribution >= 0.6 is 0 Å². The van der Waals surface area contributed by atoms with E-state index < -0.39 is 0 Å². The lowest BCUT2D eigenvalue weighted by Gasteiger charge is -2.25. The minimum Gasteiger partial charge on any atom is -0.378 e. The zero-order valence-electron chi connectivity index (χ0n) is 9.30. The lowest BCUT2D eigenvalue weighted by Crippen LogP contribution is -2.39. The fraction of sp³-hybridized carbons (Fsp3) is 0.455. The molecule has 1 amide bonds. The Hall–Kier alpha value is -1.62. The van der Waals surface area contributed by atoms with Crippen molar-refractivity contribution >= 4 is 12.0 Å². The molecule has 0 atom stereocenters. The standard InChI is InChI=1S/C11H15N3O2/c1-13-9-10(8-12-13)2-3-11(15)14-4-6-16-7-5-14/h2-3,8-9H,4-7H2,1H3/b3-2+. The SMILES string of the molecule is Cn1cc(/C=C/C(=O)N2CCOCC2)cn1. The maximum Gasteiger partial charge on any atom is 0.246 e. The van der Waals surface area contributed by atoms with Crippen molar-refractivity contribution in [1.29, 1.82) is 0 Å². The lowest BCUT2D eigenvalue weighted by molar-refractivity contribution is -0.129. The van der Waals surface area contributed by atoms with Crippen LogP contribution in [0.3, 0.4) is 0 Å². The summed E-state index contributed by atoms with van der Waals surface area (Å²) in [7, 11) is 1.85. The summed E-state index contributed by atoms with van der Waals surface area (Å²) in [4.78, 5) is 13.5. The first-order valence-corrected chi connectivity index (χ1v) is 5.29. The number of carbonyl (C=O) groups excluding carboxylic acids is 1. The molecule has 1 fully saturated rings. The molecule has 0 aromatic carbocycles.